The molecule has 1 aromatic carbocycles. The summed E-state index contributed by atoms with van der Waals surface area (Å²) < 4.78 is 28.4. The van der Waals surface area contributed by atoms with E-state index in [0.717, 1.165) is 12.1 Å². The molecule has 0 atom stereocenters. The minimum Gasteiger partial charge on any atom is -0.387 e. The molecule has 0 unspecified atom stereocenters. The zero-order chi connectivity index (χ0) is 23.8. The minimum atomic E-state index is -3.64. The van der Waals surface area contributed by atoms with Crippen LogP contribution in [0.1, 0.15) is 26.7 Å². The quantitative estimate of drug-likeness (QED) is 0.501. The number of aromatic nitrogens is 3. The van der Waals surface area contributed by atoms with E-state index in [0.29, 0.717) is 22.8 Å². The highest BCUT2D eigenvalue weighted by Crippen LogP contribution is 2.33. The van der Waals surface area contributed by atoms with Gasteiger partial charge < -0.3 is 15.4 Å². The number of hydrogen-bond acceptors (Lipinski definition) is 7. The standard InChI is InChI=1S/C20H23N5O4S.C2H3N/c1-20(27)11-24(12-20)30(28,29)15-6-4-14(5-7-15)22-18-17-16(8-9-21-19(17)26)25(23-18)10-13-2-3-13;1-2-3/h4-9,13,27H,2-3,10-12H2,1H3,(H,21,26)(H,22,23);1H3. The van der Waals surface area contributed by atoms with E-state index in [1.165, 1.54) is 36.2 Å². The van der Waals surface area contributed by atoms with Gasteiger partial charge in [0.15, 0.2) is 5.82 Å². The number of benzene rings is 1. The molecule has 3 N–H and O–H groups in total. The van der Waals surface area contributed by atoms with Crippen LogP contribution in [0.3, 0.4) is 0 Å². The number of rotatable bonds is 6. The van der Waals surface area contributed by atoms with Crippen molar-refractivity contribution >= 4 is 32.4 Å². The van der Waals surface area contributed by atoms with Crippen LogP contribution in [0.4, 0.5) is 11.5 Å². The SMILES string of the molecule is CC#N.CC1(O)CN(S(=O)(=O)c2ccc(Nc3nn(CC4CC4)c4cc[nH]c(=O)c34)cc2)C1. The van der Waals surface area contributed by atoms with Gasteiger partial charge in [0.1, 0.15) is 5.39 Å². The number of aliphatic hydroxyl groups is 1. The molecule has 0 bridgehead atoms. The van der Waals surface area contributed by atoms with Gasteiger partial charge in [-0.15, -0.1) is 0 Å². The highest BCUT2D eigenvalue weighted by Gasteiger charge is 2.43. The van der Waals surface area contributed by atoms with Crippen LogP contribution in [0.15, 0.2) is 46.2 Å². The first-order valence-corrected chi connectivity index (χ1v) is 12.1. The van der Waals surface area contributed by atoms with Gasteiger partial charge >= 0.3 is 0 Å². The molecule has 2 aliphatic rings. The molecule has 1 saturated heterocycles. The maximum atomic E-state index is 12.6. The van der Waals surface area contributed by atoms with Crippen molar-refractivity contribution in [1.29, 1.82) is 5.26 Å². The molecule has 11 heteroatoms. The van der Waals surface area contributed by atoms with Crippen molar-refractivity contribution in [1.82, 2.24) is 19.1 Å². The Morgan fingerprint density at radius 3 is 2.48 bits per heavy atom. The topological polar surface area (TPSA) is 144 Å². The van der Waals surface area contributed by atoms with Crippen LogP contribution in [-0.2, 0) is 16.6 Å². The van der Waals surface area contributed by atoms with Gasteiger partial charge in [0.05, 0.1) is 22.1 Å². The first-order valence-electron chi connectivity index (χ1n) is 10.6. The number of nitrogens with one attached hydrogen (secondary N) is 2. The molecule has 2 aromatic heterocycles. The molecule has 3 aromatic rings. The third-order valence-electron chi connectivity index (χ3n) is 5.59. The predicted molar refractivity (Wildman–Crippen MR) is 123 cm³/mol. The van der Waals surface area contributed by atoms with E-state index in [2.05, 4.69) is 15.4 Å². The van der Waals surface area contributed by atoms with Gasteiger partial charge in [-0.3, -0.25) is 9.48 Å². The lowest BCUT2D eigenvalue weighted by atomic mass is 10.0. The maximum absolute atomic E-state index is 12.6. The summed E-state index contributed by atoms with van der Waals surface area (Å²) in [5, 5.41) is 25.4. The van der Waals surface area contributed by atoms with Crippen molar-refractivity contribution in [2.24, 2.45) is 5.92 Å². The Balaban J connectivity index is 0.000000821. The molecule has 0 amide bonds. The Kier molecular flexibility index (Phi) is 6.00. The normalized spacial score (nSPS) is 17.5. The van der Waals surface area contributed by atoms with E-state index < -0.39 is 15.6 Å². The molecule has 33 heavy (non-hydrogen) atoms. The fourth-order valence-corrected chi connectivity index (χ4v) is 5.46. The monoisotopic (exact) mass is 470 g/mol. The zero-order valence-electron chi connectivity index (χ0n) is 18.4. The molecule has 0 spiro atoms. The second kappa shape index (κ2) is 8.62. The van der Waals surface area contributed by atoms with Gasteiger partial charge in [0.2, 0.25) is 10.0 Å². The van der Waals surface area contributed by atoms with Crippen molar-refractivity contribution in [3.63, 3.8) is 0 Å². The summed E-state index contributed by atoms with van der Waals surface area (Å²) in [6.45, 7) is 3.99. The van der Waals surface area contributed by atoms with E-state index in [4.69, 9.17) is 5.26 Å². The van der Waals surface area contributed by atoms with Crippen molar-refractivity contribution in [2.75, 3.05) is 18.4 Å². The molecule has 174 valence electrons. The summed E-state index contributed by atoms with van der Waals surface area (Å²) in [7, 11) is -3.64. The Bertz CT molecular complexity index is 1360. The van der Waals surface area contributed by atoms with Gasteiger partial charge in [-0.2, -0.15) is 14.7 Å². The molecule has 1 saturated carbocycles. The molecule has 5 rings (SSSR count). The number of hydrogen-bond donors (Lipinski definition) is 3. The summed E-state index contributed by atoms with van der Waals surface area (Å²) in [4.78, 5) is 15.3. The Morgan fingerprint density at radius 1 is 1.27 bits per heavy atom. The highest BCUT2D eigenvalue weighted by atomic mass is 32.2. The van der Waals surface area contributed by atoms with E-state index in [1.54, 1.807) is 31.3 Å². The van der Waals surface area contributed by atoms with Crippen LogP contribution in [0.2, 0.25) is 0 Å². The third-order valence-corrected chi connectivity index (χ3v) is 7.40. The average Bonchev–Trinajstić information content (AvgIpc) is 3.49. The smallest absolute Gasteiger partial charge is 0.261 e. The van der Waals surface area contributed by atoms with E-state index in [9.17, 15) is 18.3 Å². The van der Waals surface area contributed by atoms with Crippen LogP contribution in [0, 0.1) is 17.2 Å². The second-order valence-electron chi connectivity index (χ2n) is 8.68. The minimum absolute atomic E-state index is 0.0858. The van der Waals surface area contributed by atoms with Gasteiger partial charge in [-0.25, -0.2) is 8.42 Å². The molecule has 1 aliphatic heterocycles. The number of pyridine rings is 1. The Hall–Kier alpha value is -3.20. The van der Waals surface area contributed by atoms with Gasteiger partial charge in [-0.05, 0) is 56.0 Å². The average molecular weight is 471 g/mol. The van der Waals surface area contributed by atoms with Gasteiger partial charge in [0.25, 0.3) is 5.56 Å². The van der Waals surface area contributed by atoms with Crippen molar-refractivity contribution < 1.29 is 13.5 Å². The fourth-order valence-electron chi connectivity index (χ4n) is 3.79. The van der Waals surface area contributed by atoms with Crippen LogP contribution in [0.25, 0.3) is 10.9 Å². The van der Waals surface area contributed by atoms with Crippen LogP contribution >= 0.6 is 0 Å². The zero-order valence-corrected chi connectivity index (χ0v) is 19.3. The van der Waals surface area contributed by atoms with E-state index in [1.807, 2.05) is 10.7 Å². The lowest BCUT2D eigenvalue weighted by Gasteiger charge is -2.42. The number of fused-ring (bicyclic) bond motifs is 1. The van der Waals surface area contributed by atoms with Crippen LogP contribution in [0.5, 0.6) is 0 Å². The number of H-pyrrole nitrogens is 1. The first-order chi connectivity index (χ1) is 15.6. The molecule has 3 heterocycles. The molecule has 0 radical (unpaired) electrons. The molecule has 2 fully saturated rings. The van der Waals surface area contributed by atoms with Crippen molar-refractivity contribution in [3.05, 3.63) is 46.9 Å². The van der Waals surface area contributed by atoms with Crippen molar-refractivity contribution in [3.8, 4) is 6.07 Å². The highest BCUT2D eigenvalue weighted by molar-refractivity contribution is 7.89. The van der Waals surface area contributed by atoms with Gasteiger partial charge in [-0.1, -0.05) is 0 Å². The maximum Gasteiger partial charge on any atom is 0.261 e. The Morgan fingerprint density at radius 2 is 1.91 bits per heavy atom. The fraction of sp³-hybridized carbons (Fsp3) is 0.409. The van der Waals surface area contributed by atoms with E-state index >= 15 is 0 Å². The summed E-state index contributed by atoms with van der Waals surface area (Å²) >= 11 is 0. The summed E-state index contributed by atoms with van der Waals surface area (Å²) in [6, 6.07) is 9.91. The van der Waals surface area contributed by atoms with Crippen LogP contribution in [-0.4, -0.2) is 51.3 Å². The van der Waals surface area contributed by atoms with Crippen LogP contribution < -0.4 is 10.9 Å². The predicted octanol–water partition coefficient (Wildman–Crippen LogP) is 2.16. The molecule has 10 nitrogen and oxygen atoms in total. The van der Waals surface area contributed by atoms with E-state index in [-0.39, 0.29) is 23.5 Å². The largest absolute Gasteiger partial charge is 0.387 e. The first kappa shape index (κ1) is 23.0. The number of nitriles is 1. The molecular formula is C22H26N6O4S. The number of anilines is 2. The number of nitrogens with zero attached hydrogens (tertiary/aromatic N) is 4. The van der Waals surface area contributed by atoms with Gasteiger partial charge in [0, 0.05) is 38.4 Å². The van der Waals surface area contributed by atoms with Crippen molar-refractivity contribution in [2.45, 2.75) is 43.7 Å². The molecular weight excluding hydrogens is 444 g/mol. The lowest BCUT2D eigenvalue weighted by Crippen LogP contribution is -2.61. The Labute approximate surface area is 191 Å². The molecule has 1 aliphatic carbocycles. The third kappa shape index (κ3) is 4.78. The lowest BCUT2D eigenvalue weighted by molar-refractivity contribution is -0.0426. The summed E-state index contributed by atoms with van der Waals surface area (Å²) in [5.41, 5.74) is 0.214. The summed E-state index contributed by atoms with van der Waals surface area (Å²) in [5.74, 6) is 1.05. The number of sulfonamides is 1. The second-order valence-corrected chi connectivity index (χ2v) is 10.6. The number of β-amino-alcohol motifs (C(OH)–C–C–N with tert-alkyl or cyclic N) is 1. The number of aromatic amines is 1. The summed E-state index contributed by atoms with van der Waals surface area (Å²) in [6.07, 6.45) is 3.97.